The van der Waals surface area contributed by atoms with Gasteiger partial charge in [0, 0.05) is 17.4 Å². The summed E-state index contributed by atoms with van der Waals surface area (Å²) in [5, 5.41) is 15.1. The maximum absolute atomic E-state index is 12.5. The van der Waals surface area contributed by atoms with E-state index >= 15 is 0 Å². The number of aromatic nitrogens is 1. The number of pyridine rings is 1. The van der Waals surface area contributed by atoms with Gasteiger partial charge in [-0.05, 0) is 47.9 Å². The van der Waals surface area contributed by atoms with E-state index in [0.717, 1.165) is 5.69 Å². The van der Waals surface area contributed by atoms with E-state index in [1.807, 2.05) is 12.1 Å². The summed E-state index contributed by atoms with van der Waals surface area (Å²) in [6.07, 6.45) is 1.58. The summed E-state index contributed by atoms with van der Waals surface area (Å²) in [5.41, 5.74) is 3.53. The Hall–Kier alpha value is -3.65. The Morgan fingerprint density at radius 1 is 1.07 bits per heavy atom. The number of carbonyl (C=O) groups excluding carboxylic acids is 1. The van der Waals surface area contributed by atoms with Gasteiger partial charge >= 0.3 is 0 Å². The Bertz CT molecular complexity index is 988. The lowest BCUT2D eigenvalue weighted by atomic mass is 10.0. The zero-order valence-corrected chi connectivity index (χ0v) is 15.2. The largest absolute Gasteiger partial charge is 0.340 e. The van der Waals surface area contributed by atoms with Crippen LogP contribution in [0.4, 0.5) is 17.2 Å². The van der Waals surface area contributed by atoms with Crippen LogP contribution in [0.2, 0.25) is 0 Å². The SMILES string of the molecule is CC(C)c1ccc(Nc2cc(C(=O)Nc3ccccc3C#N)ccn2)cc1. The van der Waals surface area contributed by atoms with E-state index in [2.05, 4.69) is 47.7 Å². The first-order valence-corrected chi connectivity index (χ1v) is 8.70. The summed E-state index contributed by atoms with van der Waals surface area (Å²) >= 11 is 0. The Balaban J connectivity index is 1.75. The maximum atomic E-state index is 12.5. The normalized spacial score (nSPS) is 10.3. The molecule has 3 rings (SSSR count). The molecule has 0 aliphatic heterocycles. The highest BCUT2D eigenvalue weighted by Crippen LogP contribution is 2.21. The molecule has 27 heavy (non-hydrogen) atoms. The number of nitriles is 1. The van der Waals surface area contributed by atoms with E-state index in [1.165, 1.54) is 5.56 Å². The minimum Gasteiger partial charge on any atom is -0.340 e. The molecule has 1 aromatic heterocycles. The van der Waals surface area contributed by atoms with Crippen molar-refractivity contribution in [2.75, 3.05) is 10.6 Å². The molecule has 2 aromatic carbocycles. The Kier molecular flexibility index (Phi) is 5.48. The van der Waals surface area contributed by atoms with Gasteiger partial charge in [0.2, 0.25) is 0 Å². The average Bonchev–Trinajstić information content (AvgIpc) is 2.69. The second kappa shape index (κ2) is 8.15. The lowest BCUT2D eigenvalue weighted by molar-refractivity contribution is 0.102. The highest BCUT2D eigenvalue weighted by molar-refractivity contribution is 6.05. The molecule has 1 heterocycles. The highest BCUT2D eigenvalue weighted by atomic mass is 16.1. The van der Waals surface area contributed by atoms with Crippen LogP contribution in [0.25, 0.3) is 0 Å². The fraction of sp³-hybridized carbons (Fsp3) is 0.136. The van der Waals surface area contributed by atoms with Crippen LogP contribution in [-0.2, 0) is 0 Å². The van der Waals surface area contributed by atoms with E-state index < -0.39 is 0 Å². The van der Waals surface area contributed by atoms with E-state index in [0.29, 0.717) is 28.6 Å². The molecule has 0 atom stereocenters. The van der Waals surface area contributed by atoms with Crippen molar-refractivity contribution in [3.05, 3.63) is 83.6 Å². The molecule has 0 saturated heterocycles. The lowest BCUT2D eigenvalue weighted by Crippen LogP contribution is -2.13. The van der Waals surface area contributed by atoms with Crippen LogP contribution in [0.3, 0.4) is 0 Å². The summed E-state index contributed by atoms with van der Waals surface area (Å²) < 4.78 is 0. The minimum absolute atomic E-state index is 0.293. The van der Waals surface area contributed by atoms with Gasteiger partial charge < -0.3 is 10.6 Å². The van der Waals surface area contributed by atoms with Crippen LogP contribution in [0.15, 0.2) is 66.9 Å². The number of carbonyl (C=O) groups is 1. The molecular weight excluding hydrogens is 336 g/mol. The second-order valence-corrected chi connectivity index (χ2v) is 6.44. The topological polar surface area (TPSA) is 77.8 Å². The fourth-order valence-corrected chi connectivity index (χ4v) is 2.62. The van der Waals surface area contributed by atoms with Gasteiger partial charge in [0.15, 0.2) is 0 Å². The molecule has 0 bridgehead atoms. The number of nitrogens with one attached hydrogen (secondary N) is 2. The quantitative estimate of drug-likeness (QED) is 0.669. The molecule has 0 spiro atoms. The standard InChI is InChI=1S/C22H20N4O/c1-15(2)16-7-9-19(10-8-16)25-21-13-17(11-12-24-21)22(27)26-20-6-4-3-5-18(20)14-23/h3-13,15H,1-2H3,(H,24,25)(H,26,27). The van der Waals surface area contributed by atoms with Crippen molar-refractivity contribution in [3.8, 4) is 6.07 Å². The van der Waals surface area contributed by atoms with Crippen molar-refractivity contribution in [2.45, 2.75) is 19.8 Å². The first-order chi connectivity index (χ1) is 13.1. The van der Waals surface area contributed by atoms with Crippen molar-refractivity contribution in [1.29, 1.82) is 5.26 Å². The van der Waals surface area contributed by atoms with Crippen LogP contribution < -0.4 is 10.6 Å². The molecule has 0 unspecified atom stereocenters. The maximum Gasteiger partial charge on any atom is 0.255 e. The van der Waals surface area contributed by atoms with Crippen molar-refractivity contribution in [3.63, 3.8) is 0 Å². The first-order valence-electron chi connectivity index (χ1n) is 8.70. The number of nitrogens with zero attached hydrogens (tertiary/aromatic N) is 2. The number of hydrogen-bond donors (Lipinski definition) is 2. The number of anilines is 3. The molecule has 2 N–H and O–H groups in total. The smallest absolute Gasteiger partial charge is 0.255 e. The summed E-state index contributed by atoms with van der Waals surface area (Å²) in [7, 11) is 0. The number of amides is 1. The third-order valence-electron chi connectivity index (χ3n) is 4.17. The van der Waals surface area contributed by atoms with E-state index in [9.17, 15) is 4.79 Å². The summed E-state index contributed by atoms with van der Waals surface area (Å²) in [6.45, 7) is 4.30. The van der Waals surface area contributed by atoms with Crippen molar-refractivity contribution < 1.29 is 4.79 Å². The van der Waals surface area contributed by atoms with Gasteiger partial charge in [-0.25, -0.2) is 4.98 Å². The van der Waals surface area contributed by atoms with E-state index in [4.69, 9.17) is 5.26 Å². The third kappa shape index (κ3) is 4.50. The number of benzene rings is 2. The van der Waals surface area contributed by atoms with Crippen molar-refractivity contribution in [2.24, 2.45) is 0 Å². The Labute approximate surface area is 158 Å². The van der Waals surface area contributed by atoms with Gasteiger partial charge in [-0.3, -0.25) is 4.79 Å². The highest BCUT2D eigenvalue weighted by Gasteiger charge is 2.10. The fourth-order valence-electron chi connectivity index (χ4n) is 2.62. The molecule has 0 aliphatic carbocycles. The molecule has 0 fully saturated rings. The monoisotopic (exact) mass is 356 g/mol. The van der Waals surface area contributed by atoms with Gasteiger partial charge in [0.1, 0.15) is 11.9 Å². The van der Waals surface area contributed by atoms with Gasteiger partial charge in [-0.2, -0.15) is 5.26 Å². The average molecular weight is 356 g/mol. The Morgan fingerprint density at radius 2 is 1.81 bits per heavy atom. The predicted octanol–water partition coefficient (Wildman–Crippen LogP) is 5.07. The first kappa shape index (κ1) is 18.2. The van der Waals surface area contributed by atoms with Crippen molar-refractivity contribution >= 4 is 23.1 Å². The molecule has 0 saturated carbocycles. The van der Waals surface area contributed by atoms with Crippen LogP contribution >= 0.6 is 0 Å². The number of rotatable bonds is 5. The molecule has 0 radical (unpaired) electrons. The summed E-state index contributed by atoms with van der Waals surface area (Å²) in [6, 6.07) is 20.4. The molecule has 5 heteroatoms. The van der Waals surface area contributed by atoms with Gasteiger partial charge in [-0.15, -0.1) is 0 Å². The second-order valence-electron chi connectivity index (χ2n) is 6.44. The molecule has 134 valence electrons. The van der Waals surface area contributed by atoms with Crippen molar-refractivity contribution in [1.82, 2.24) is 4.98 Å². The minimum atomic E-state index is -0.293. The summed E-state index contributed by atoms with van der Waals surface area (Å²) in [4.78, 5) is 16.8. The van der Waals surface area contributed by atoms with Gasteiger partial charge in [0.05, 0.1) is 11.3 Å². The third-order valence-corrected chi connectivity index (χ3v) is 4.17. The summed E-state index contributed by atoms with van der Waals surface area (Å²) in [5.74, 6) is 0.757. The molecule has 1 amide bonds. The van der Waals surface area contributed by atoms with Gasteiger partial charge in [-0.1, -0.05) is 38.1 Å². The van der Waals surface area contributed by atoms with Crippen LogP contribution in [0, 0.1) is 11.3 Å². The molecule has 3 aromatic rings. The molecule has 5 nitrogen and oxygen atoms in total. The van der Waals surface area contributed by atoms with Gasteiger partial charge in [0.25, 0.3) is 5.91 Å². The number of para-hydroxylation sites is 1. The predicted molar refractivity (Wildman–Crippen MR) is 107 cm³/mol. The van der Waals surface area contributed by atoms with E-state index in [-0.39, 0.29) is 5.91 Å². The zero-order valence-electron chi connectivity index (χ0n) is 15.2. The lowest BCUT2D eigenvalue weighted by Gasteiger charge is -2.10. The zero-order chi connectivity index (χ0) is 19.2. The number of hydrogen-bond acceptors (Lipinski definition) is 4. The van der Waals surface area contributed by atoms with E-state index in [1.54, 1.807) is 42.6 Å². The molecule has 0 aliphatic rings. The van der Waals surface area contributed by atoms with Crippen LogP contribution in [0.1, 0.15) is 41.3 Å². The Morgan fingerprint density at radius 3 is 2.52 bits per heavy atom. The van der Waals surface area contributed by atoms with Crippen LogP contribution in [0.5, 0.6) is 0 Å². The molecular formula is C22H20N4O. The van der Waals surface area contributed by atoms with Crippen LogP contribution in [-0.4, -0.2) is 10.9 Å².